The first kappa shape index (κ1) is 30.0. The van der Waals surface area contributed by atoms with Gasteiger partial charge in [-0.2, -0.15) is 0 Å². The fourth-order valence-corrected chi connectivity index (χ4v) is 5.53. The van der Waals surface area contributed by atoms with Crippen LogP contribution < -0.4 is 16.6 Å². The third kappa shape index (κ3) is 7.11. The average molecular weight is 562 g/mol. The molecule has 0 aromatic carbocycles. The Morgan fingerprint density at radius 3 is 2.58 bits per heavy atom. The van der Waals surface area contributed by atoms with Gasteiger partial charge in [-0.1, -0.05) is 6.92 Å². The van der Waals surface area contributed by atoms with Gasteiger partial charge in [0.2, 0.25) is 0 Å². The number of ether oxygens (including phenoxy) is 3. The van der Waals surface area contributed by atoms with Gasteiger partial charge in [-0.3, -0.25) is 32.7 Å². The van der Waals surface area contributed by atoms with Crippen LogP contribution in [0.5, 0.6) is 0 Å². The van der Waals surface area contributed by atoms with E-state index in [-0.39, 0.29) is 25.7 Å². The lowest BCUT2D eigenvalue weighted by Gasteiger charge is -2.39. The molecule has 2 aliphatic heterocycles. The van der Waals surface area contributed by atoms with Crippen molar-refractivity contribution in [2.24, 2.45) is 5.92 Å². The minimum absolute atomic E-state index is 0.136. The van der Waals surface area contributed by atoms with E-state index in [2.05, 4.69) is 10.3 Å². The summed E-state index contributed by atoms with van der Waals surface area (Å²) in [6.07, 6.45) is -2.88. The summed E-state index contributed by atoms with van der Waals surface area (Å²) in [5.41, 5.74) is -3.77. The SMILES string of the molecule is CC(C)OC(=O)C(C)CCOP1(=O)OC[C@H]2O[C@@H](n3ccc(=O)[nH]c3=O)[C@](C)(NC(=O)OC(C)(C)C)[C@@H]2O1. The van der Waals surface area contributed by atoms with Crippen LogP contribution in [-0.2, 0) is 37.1 Å². The molecule has 15 heteroatoms. The number of nitrogens with zero attached hydrogens (tertiary/aromatic N) is 1. The highest BCUT2D eigenvalue weighted by Gasteiger charge is 2.61. The molecule has 3 heterocycles. The van der Waals surface area contributed by atoms with Gasteiger partial charge < -0.3 is 19.5 Å². The highest BCUT2D eigenvalue weighted by Crippen LogP contribution is 2.58. The third-order valence-corrected chi connectivity index (χ3v) is 7.26. The summed E-state index contributed by atoms with van der Waals surface area (Å²) in [5.74, 6) is -0.938. The maximum absolute atomic E-state index is 13.4. The number of hydrogen-bond acceptors (Lipinski definition) is 11. The van der Waals surface area contributed by atoms with Crippen LogP contribution in [0.2, 0.25) is 0 Å². The van der Waals surface area contributed by atoms with Crippen LogP contribution in [0.15, 0.2) is 21.9 Å². The molecule has 1 aromatic heterocycles. The Bertz CT molecular complexity index is 1190. The lowest BCUT2D eigenvalue weighted by Crippen LogP contribution is -2.60. The quantitative estimate of drug-likeness (QED) is 0.352. The van der Waals surface area contributed by atoms with Gasteiger partial charge in [-0.15, -0.1) is 0 Å². The van der Waals surface area contributed by atoms with Crippen LogP contribution in [0.3, 0.4) is 0 Å². The van der Waals surface area contributed by atoms with Crippen molar-refractivity contribution in [3.63, 3.8) is 0 Å². The molecule has 0 saturated carbocycles. The maximum Gasteiger partial charge on any atom is 0.475 e. The summed E-state index contributed by atoms with van der Waals surface area (Å²) in [5, 5.41) is 2.69. The highest BCUT2D eigenvalue weighted by molar-refractivity contribution is 7.48. The molecule has 2 N–H and O–H groups in total. The highest BCUT2D eigenvalue weighted by atomic mass is 31.2. The number of carbonyl (C=O) groups excluding carboxylic acids is 2. The van der Waals surface area contributed by atoms with Crippen LogP contribution >= 0.6 is 7.82 Å². The van der Waals surface area contributed by atoms with Crippen LogP contribution in [0.25, 0.3) is 0 Å². The number of aromatic nitrogens is 2. The molecule has 214 valence electrons. The van der Waals surface area contributed by atoms with Gasteiger partial charge in [0.25, 0.3) is 5.56 Å². The van der Waals surface area contributed by atoms with Crippen molar-refractivity contribution in [1.29, 1.82) is 0 Å². The second kappa shape index (κ2) is 11.3. The minimum atomic E-state index is -4.17. The van der Waals surface area contributed by atoms with Gasteiger partial charge in [0.15, 0.2) is 6.23 Å². The summed E-state index contributed by atoms with van der Waals surface area (Å²) in [4.78, 5) is 51.2. The normalized spacial score (nSPS) is 29.9. The zero-order chi connectivity index (χ0) is 28.5. The lowest BCUT2D eigenvalue weighted by molar-refractivity contribution is -0.152. The fraction of sp³-hybridized carbons (Fsp3) is 0.739. The molecule has 2 unspecified atom stereocenters. The fourth-order valence-electron chi connectivity index (χ4n) is 4.04. The molecule has 6 atom stereocenters. The van der Waals surface area contributed by atoms with Crippen molar-refractivity contribution in [3.05, 3.63) is 33.1 Å². The van der Waals surface area contributed by atoms with E-state index in [1.165, 1.54) is 13.1 Å². The molecular formula is C23H36N3O11P. The van der Waals surface area contributed by atoms with Gasteiger partial charge in [0, 0.05) is 12.3 Å². The van der Waals surface area contributed by atoms with Crippen molar-refractivity contribution in [3.8, 4) is 0 Å². The number of alkyl carbamates (subject to hydrolysis) is 1. The predicted molar refractivity (Wildman–Crippen MR) is 132 cm³/mol. The number of hydrogen-bond donors (Lipinski definition) is 2. The zero-order valence-corrected chi connectivity index (χ0v) is 23.4. The monoisotopic (exact) mass is 561 g/mol. The molecule has 1 aromatic rings. The molecule has 14 nitrogen and oxygen atoms in total. The van der Waals surface area contributed by atoms with Crippen LogP contribution in [0.4, 0.5) is 4.79 Å². The van der Waals surface area contributed by atoms with E-state index in [0.29, 0.717) is 0 Å². The first-order valence-electron chi connectivity index (χ1n) is 12.3. The molecule has 2 saturated heterocycles. The Morgan fingerprint density at radius 2 is 1.97 bits per heavy atom. The summed E-state index contributed by atoms with van der Waals surface area (Å²) in [7, 11) is -4.17. The first-order chi connectivity index (χ1) is 17.5. The van der Waals surface area contributed by atoms with Crippen LogP contribution in [-0.4, -0.2) is 64.3 Å². The first-order valence-corrected chi connectivity index (χ1v) is 13.7. The van der Waals surface area contributed by atoms with E-state index in [0.717, 1.165) is 10.6 Å². The topological polar surface area (TPSA) is 173 Å². The summed E-state index contributed by atoms with van der Waals surface area (Å²) in [6.45, 7) is 11.3. The number of rotatable bonds is 8. The Hall–Kier alpha value is -2.51. The minimum Gasteiger partial charge on any atom is -0.463 e. The number of esters is 1. The molecule has 0 radical (unpaired) electrons. The number of amides is 1. The van der Waals surface area contributed by atoms with Crippen LogP contribution in [0.1, 0.15) is 61.1 Å². The van der Waals surface area contributed by atoms with E-state index in [1.807, 2.05) is 0 Å². The van der Waals surface area contributed by atoms with E-state index < -0.39 is 66.6 Å². The molecule has 0 bridgehead atoms. The van der Waals surface area contributed by atoms with Gasteiger partial charge in [0.1, 0.15) is 23.3 Å². The number of fused-ring (bicyclic) bond motifs is 1. The zero-order valence-electron chi connectivity index (χ0n) is 22.5. The molecule has 2 aliphatic rings. The van der Waals surface area contributed by atoms with Crippen molar-refractivity contribution < 1.29 is 41.9 Å². The Kier molecular flexibility index (Phi) is 8.94. The second-order valence-corrected chi connectivity index (χ2v) is 12.4. The number of phosphoric ester groups is 1. The molecule has 2 fully saturated rings. The van der Waals surface area contributed by atoms with Gasteiger partial charge in [0.05, 0.1) is 25.2 Å². The predicted octanol–water partition coefficient (Wildman–Crippen LogP) is 2.24. The Balaban J connectivity index is 1.82. The lowest BCUT2D eigenvalue weighted by atomic mass is 9.92. The van der Waals surface area contributed by atoms with Crippen molar-refractivity contribution in [2.75, 3.05) is 13.2 Å². The Morgan fingerprint density at radius 1 is 1.29 bits per heavy atom. The second-order valence-electron chi connectivity index (χ2n) is 10.7. The molecule has 1 amide bonds. The van der Waals surface area contributed by atoms with Gasteiger partial charge in [-0.05, 0) is 48.0 Å². The van der Waals surface area contributed by atoms with Gasteiger partial charge >= 0.3 is 25.6 Å². The number of carbonyl (C=O) groups is 2. The molecular weight excluding hydrogens is 525 g/mol. The number of phosphoric acid groups is 1. The number of aromatic amines is 1. The summed E-state index contributed by atoms with van der Waals surface area (Å²) < 4.78 is 47.6. The standard InChI is InChI=1S/C23H36N3O11P/c1-13(2)34-18(28)14(3)9-11-32-38(31)33-12-15-17(37-38)23(7,25-21(30)36-22(4,5)6)19(35-15)26-10-8-16(27)24-20(26)29/h8,10,13-15,17,19H,9,11-12H2,1-7H3,(H,25,30)(H,24,27,29)/t14?,15-,17-,19-,23-,38?/m1/s1. The molecule has 0 aliphatic carbocycles. The molecule has 38 heavy (non-hydrogen) atoms. The summed E-state index contributed by atoms with van der Waals surface area (Å²) in [6, 6.07) is 1.12. The van der Waals surface area contributed by atoms with Crippen LogP contribution in [0, 0.1) is 5.92 Å². The van der Waals surface area contributed by atoms with Crippen molar-refractivity contribution >= 4 is 19.9 Å². The summed E-state index contributed by atoms with van der Waals surface area (Å²) >= 11 is 0. The third-order valence-electron chi connectivity index (χ3n) is 5.81. The van der Waals surface area contributed by atoms with E-state index in [4.69, 9.17) is 27.8 Å². The van der Waals surface area contributed by atoms with E-state index in [1.54, 1.807) is 41.5 Å². The van der Waals surface area contributed by atoms with E-state index >= 15 is 0 Å². The maximum atomic E-state index is 13.4. The van der Waals surface area contributed by atoms with E-state index in [9.17, 15) is 23.7 Å². The number of nitrogens with one attached hydrogen (secondary N) is 2. The smallest absolute Gasteiger partial charge is 0.463 e. The Labute approximate surface area is 219 Å². The molecule has 3 rings (SSSR count). The van der Waals surface area contributed by atoms with Crippen molar-refractivity contribution in [1.82, 2.24) is 14.9 Å². The van der Waals surface area contributed by atoms with Gasteiger partial charge in [-0.25, -0.2) is 14.2 Å². The van der Waals surface area contributed by atoms with Crippen molar-refractivity contribution in [2.45, 2.75) is 90.6 Å². The average Bonchev–Trinajstić information content (AvgIpc) is 3.02. The number of H-pyrrole nitrogens is 1. The largest absolute Gasteiger partial charge is 0.475 e. The molecule has 0 spiro atoms.